The number of hydrogen-bond donors (Lipinski definition) is 3. The molecule has 3 N–H and O–H groups in total. The Balaban J connectivity index is 2.78. The molecule has 1 unspecified atom stereocenters. The molecule has 0 spiro atoms. The molecular formula is C16H20O5. The molecule has 5 nitrogen and oxygen atoms in total. The van der Waals surface area contributed by atoms with E-state index < -0.39 is 12.1 Å². The minimum Gasteiger partial charge on any atom is -0.513 e. The molecule has 21 heavy (non-hydrogen) atoms. The maximum absolute atomic E-state index is 12.0. The van der Waals surface area contributed by atoms with Crippen molar-refractivity contribution in [3.8, 4) is 5.75 Å². The largest absolute Gasteiger partial charge is 0.513 e. The zero-order valence-electron chi connectivity index (χ0n) is 12.1. The van der Waals surface area contributed by atoms with E-state index in [1.54, 1.807) is 13.0 Å². The minimum absolute atomic E-state index is 0.0732. The van der Waals surface area contributed by atoms with Crippen molar-refractivity contribution in [2.24, 2.45) is 0 Å². The van der Waals surface area contributed by atoms with Crippen LogP contribution in [-0.2, 0) is 4.74 Å². The van der Waals surface area contributed by atoms with E-state index in [0.717, 1.165) is 0 Å². The highest BCUT2D eigenvalue weighted by molar-refractivity contribution is 5.89. The molecule has 0 aliphatic heterocycles. The highest BCUT2D eigenvalue weighted by Gasteiger charge is 2.15. The molecule has 0 radical (unpaired) electrons. The highest BCUT2D eigenvalue weighted by atomic mass is 16.5. The molecule has 0 saturated heterocycles. The van der Waals surface area contributed by atoms with E-state index in [1.807, 2.05) is 0 Å². The summed E-state index contributed by atoms with van der Waals surface area (Å²) in [6, 6.07) is 5.75. The molecule has 114 valence electrons. The summed E-state index contributed by atoms with van der Waals surface area (Å²) in [5, 5.41) is 27.4. The predicted octanol–water partition coefficient (Wildman–Crippen LogP) is 2.71. The third-order valence-corrected chi connectivity index (χ3v) is 2.85. The molecule has 0 aliphatic rings. The Morgan fingerprint density at radius 2 is 1.90 bits per heavy atom. The molecule has 0 amide bonds. The monoisotopic (exact) mass is 292 g/mol. The lowest BCUT2D eigenvalue weighted by atomic mass is 10.1. The molecule has 1 rings (SSSR count). The number of allylic oxidation sites excluding steroid dienone is 3. The summed E-state index contributed by atoms with van der Waals surface area (Å²) in [5.41, 5.74) is 1.02. The molecule has 0 fully saturated rings. The van der Waals surface area contributed by atoms with Crippen LogP contribution in [0.2, 0.25) is 0 Å². The summed E-state index contributed by atoms with van der Waals surface area (Å²) in [7, 11) is 0. The molecule has 0 bridgehead atoms. The lowest BCUT2D eigenvalue weighted by Crippen LogP contribution is -2.18. The van der Waals surface area contributed by atoms with Crippen LogP contribution in [0.4, 0.5) is 0 Å². The van der Waals surface area contributed by atoms with Crippen molar-refractivity contribution < 1.29 is 24.9 Å². The van der Waals surface area contributed by atoms with E-state index in [0.29, 0.717) is 17.6 Å². The Morgan fingerprint density at radius 1 is 1.29 bits per heavy atom. The fraction of sp³-hybridized carbons (Fsp3) is 0.312. The molecule has 5 heteroatoms. The quantitative estimate of drug-likeness (QED) is 0.426. The number of hydrogen-bond acceptors (Lipinski definition) is 5. The number of benzene rings is 1. The Bertz CT molecular complexity index is 524. The highest BCUT2D eigenvalue weighted by Crippen LogP contribution is 2.16. The van der Waals surface area contributed by atoms with Gasteiger partial charge in [0, 0.05) is 6.61 Å². The number of phenols is 1. The van der Waals surface area contributed by atoms with E-state index in [-0.39, 0.29) is 18.1 Å². The van der Waals surface area contributed by atoms with Crippen LogP contribution in [0.1, 0.15) is 30.6 Å². The number of esters is 1. The van der Waals surface area contributed by atoms with E-state index in [4.69, 9.17) is 14.9 Å². The van der Waals surface area contributed by atoms with Crippen LogP contribution >= 0.6 is 0 Å². The predicted molar refractivity (Wildman–Crippen MR) is 79.2 cm³/mol. The van der Waals surface area contributed by atoms with E-state index in [2.05, 4.69) is 0 Å². The van der Waals surface area contributed by atoms with Crippen molar-refractivity contribution in [1.82, 2.24) is 0 Å². The van der Waals surface area contributed by atoms with Crippen molar-refractivity contribution >= 4 is 5.97 Å². The number of carbonyl (C=O) groups is 1. The third kappa shape index (κ3) is 5.71. The molecule has 1 aromatic carbocycles. The molecule has 0 saturated carbocycles. The van der Waals surface area contributed by atoms with Gasteiger partial charge in [-0.2, -0.15) is 0 Å². The summed E-state index contributed by atoms with van der Waals surface area (Å²) >= 11 is 0. The van der Waals surface area contributed by atoms with Crippen LogP contribution in [0.5, 0.6) is 5.75 Å². The second kappa shape index (κ2) is 8.11. The number of phenolic OH excluding ortho intramolecular Hbond substituents is 1. The maximum Gasteiger partial charge on any atom is 0.338 e. The zero-order chi connectivity index (χ0) is 15.8. The van der Waals surface area contributed by atoms with Gasteiger partial charge in [0.25, 0.3) is 0 Å². The zero-order valence-corrected chi connectivity index (χ0v) is 12.1. The van der Waals surface area contributed by atoms with Gasteiger partial charge in [-0.25, -0.2) is 4.79 Å². The normalized spacial score (nSPS) is 13.9. The molecule has 0 aromatic heterocycles. The standard InChI is InChI=1S/C16H20O5/c1-11(18)3-4-13(9-10-17)12(2)21-16(20)14-5-7-15(19)8-6-14/h3-8,12,17-19H,9-10H2,1-2H3/b11-3+,13-4-. The molecule has 0 heterocycles. The van der Waals surface area contributed by atoms with Gasteiger partial charge in [0.15, 0.2) is 0 Å². The maximum atomic E-state index is 12.0. The Labute approximate surface area is 123 Å². The lowest BCUT2D eigenvalue weighted by Gasteiger charge is -2.16. The first kappa shape index (κ1) is 16.8. The van der Waals surface area contributed by atoms with E-state index in [9.17, 15) is 9.90 Å². The van der Waals surface area contributed by atoms with Crippen molar-refractivity contribution in [2.75, 3.05) is 6.61 Å². The van der Waals surface area contributed by atoms with Gasteiger partial charge in [0.1, 0.15) is 11.9 Å². The third-order valence-electron chi connectivity index (χ3n) is 2.85. The summed E-state index contributed by atoms with van der Waals surface area (Å²) in [5.74, 6) is -0.317. The fourth-order valence-electron chi connectivity index (χ4n) is 1.68. The average molecular weight is 292 g/mol. The van der Waals surface area contributed by atoms with Crippen LogP contribution in [0.15, 0.2) is 47.7 Å². The van der Waals surface area contributed by atoms with Gasteiger partial charge in [-0.05, 0) is 56.2 Å². The first-order valence-corrected chi connectivity index (χ1v) is 6.61. The molecular weight excluding hydrogens is 272 g/mol. The van der Waals surface area contributed by atoms with Crippen molar-refractivity contribution in [3.63, 3.8) is 0 Å². The lowest BCUT2D eigenvalue weighted by molar-refractivity contribution is 0.0397. The number of aromatic hydroxyl groups is 1. The first-order chi connectivity index (χ1) is 9.93. The van der Waals surface area contributed by atoms with Crippen LogP contribution in [0.25, 0.3) is 0 Å². The summed E-state index contributed by atoms with van der Waals surface area (Å²) in [6.07, 6.45) is 2.92. The number of aliphatic hydroxyl groups is 2. The Morgan fingerprint density at radius 3 is 2.43 bits per heavy atom. The van der Waals surface area contributed by atoms with Crippen molar-refractivity contribution in [3.05, 3.63) is 53.3 Å². The Kier molecular flexibility index (Phi) is 6.49. The van der Waals surface area contributed by atoms with Crippen LogP contribution < -0.4 is 0 Å². The molecule has 1 atom stereocenters. The van der Waals surface area contributed by atoms with Gasteiger partial charge in [-0.3, -0.25) is 0 Å². The van der Waals surface area contributed by atoms with E-state index in [1.165, 1.54) is 37.3 Å². The second-order valence-corrected chi connectivity index (χ2v) is 4.62. The SMILES string of the molecule is C/C(O)=C\C=C(\CCO)C(C)OC(=O)c1ccc(O)cc1. The topological polar surface area (TPSA) is 87.0 Å². The summed E-state index contributed by atoms with van der Waals surface area (Å²) in [6.45, 7) is 3.14. The van der Waals surface area contributed by atoms with Crippen LogP contribution in [0, 0.1) is 0 Å². The molecule has 0 aliphatic carbocycles. The smallest absolute Gasteiger partial charge is 0.338 e. The van der Waals surface area contributed by atoms with Crippen molar-refractivity contribution in [2.45, 2.75) is 26.4 Å². The second-order valence-electron chi connectivity index (χ2n) is 4.62. The minimum atomic E-state index is -0.533. The van der Waals surface area contributed by atoms with Crippen LogP contribution in [0.3, 0.4) is 0 Å². The number of carbonyl (C=O) groups excluding carboxylic acids is 1. The van der Waals surface area contributed by atoms with Gasteiger partial charge in [-0.15, -0.1) is 0 Å². The number of ether oxygens (including phenoxy) is 1. The van der Waals surface area contributed by atoms with Crippen molar-refractivity contribution in [1.29, 1.82) is 0 Å². The molecule has 1 aromatic rings. The first-order valence-electron chi connectivity index (χ1n) is 6.61. The van der Waals surface area contributed by atoms with E-state index >= 15 is 0 Å². The van der Waals surface area contributed by atoms with Gasteiger partial charge in [-0.1, -0.05) is 6.08 Å². The number of aliphatic hydroxyl groups excluding tert-OH is 2. The Hall–Kier alpha value is -2.27. The van der Waals surface area contributed by atoms with Gasteiger partial charge < -0.3 is 20.1 Å². The van der Waals surface area contributed by atoms with Gasteiger partial charge in [0.05, 0.1) is 11.3 Å². The number of rotatable bonds is 6. The fourth-order valence-corrected chi connectivity index (χ4v) is 1.68. The average Bonchev–Trinajstić information content (AvgIpc) is 2.43. The van der Waals surface area contributed by atoms with Gasteiger partial charge in [0.2, 0.25) is 0 Å². The summed E-state index contributed by atoms with van der Waals surface area (Å²) < 4.78 is 5.31. The van der Waals surface area contributed by atoms with Crippen LogP contribution in [-0.4, -0.2) is 34.0 Å². The van der Waals surface area contributed by atoms with Gasteiger partial charge >= 0.3 is 5.97 Å². The summed E-state index contributed by atoms with van der Waals surface area (Å²) in [4.78, 5) is 12.0.